The van der Waals surface area contributed by atoms with Crippen molar-refractivity contribution < 1.29 is 0 Å². The third-order valence-corrected chi connectivity index (χ3v) is 2.08. The Balaban J connectivity index is 2.16. The van der Waals surface area contributed by atoms with Crippen LogP contribution in [-0.4, -0.2) is 7.28 Å². The molecule has 1 saturated heterocycles. The Hall–Kier alpha value is 0.0649. The smallest absolute Gasteiger partial charge is 0.0776 e. The lowest BCUT2D eigenvalue weighted by atomic mass is 9.42. The molecule has 1 aliphatic heterocycles. The van der Waals surface area contributed by atoms with Gasteiger partial charge >= 0.3 is 0 Å². The molecule has 1 aliphatic rings. The van der Waals surface area contributed by atoms with Gasteiger partial charge < -0.3 is 0 Å². The standard InChI is InChI=1S/C6H12B/c1-3-6-4-7-5(6)2/h5-6H,3-4H2,1-2H3. The van der Waals surface area contributed by atoms with E-state index in [4.69, 9.17) is 0 Å². The Bertz CT molecular complexity index is 59.2. The van der Waals surface area contributed by atoms with Crippen molar-refractivity contribution in [1.82, 2.24) is 0 Å². The number of hydrogen-bond acceptors (Lipinski definition) is 0. The van der Waals surface area contributed by atoms with Crippen LogP contribution in [0.25, 0.3) is 0 Å². The van der Waals surface area contributed by atoms with Gasteiger partial charge in [-0.2, -0.15) is 0 Å². The molecule has 0 aromatic heterocycles. The van der Waals surface area contributed by atoms with Crippen molar-refractivity contribution in [3.8, 4) is 0 Å². The Morgan fingerprint density at radius 2 is 2.43 bits per heavy atom. The maximum atomic E-state index is 2.40. The second-order valence-electron chi connectivity index (χ2n) is 2.50. The van der Waals surface area contributed by atoms with E-state index in [0.717, 1.165) is 11.7 Å². The summed E-state index contributed by atoms with van der Waals surface area (Å²) >= 11 is 0. The minimum atomic E-state index is 0.921. The van der Waals surface area contributed by atoms with Gasteiger partial charge in [-0.1, -0.05) is 38.3 Å². The molecule has 0 aromatic carbocycles. The molecule has 2 unspecified atom stereocenters. The van der Waals surface area contributed by atoms with Crippen molar-refractivity contribution in [1.29, 1.82) is 0 Å². The zero-order valence-electron chi connectivity index (χ0n) is 5.15. The molecule has 0 nitrogen and oxygen atoms in total. The van der Waals surface area contributed by atoms with Crippen LogP contribution in [0.3, 0.4) is 0 Å². The minimum absolute atomic E-state index is 0.921. The van der Waals surface area contributed by atoms with E-state index in [1.807, 2.05) is 0 Å². The molecule has 39 valence electrons. The van der Waals surface area contributed by atoms with Gasteiger partial charge in [0, 0.05) is 0 Å². The van der Waals surface area contributed by atoms with Crippen LogP contribution in [0.4, 0.5) is 0 Å². The summed E-state index contributed by atoms with van der Waals surface area (Å²) in [7, 11) is 2.40. The summed E-state index contributed by atoms with van der Waals surface area (Å²) in [6.45, 7) is 4.58. The summed E-state index contributed by atoms with van der Waals surface area (Å²) in [6, 6.07) is 0. The van der Waals surface area contributed by atoms with E-state index in [-0.39, 0.29) is 0 Å². The average molecular weight is 95.0 g/mol. The summed E-state index contributed by atoms with van der Waals surface area (Å²) in [4.78, 5) is 0. The van der Waals surface area contributed by atoms with Crippen LogP contribution in [0, 0.1) is 5.92 Å². The molecule has 7 heavy (non-hydrogen) atoms. The third kappa shape index (κ3) is 0.819. The molecule has 0 aromatic rings. The molecule has 0 amide bonds. The van der Waals surface area contributed by atoms with Gasteiger partial charge in [-0.3, -0.25) is 0 Å². The van der Waals surface area contributed by atoms with E-state index < -0.39 is 0 Å². The molecule has 0 N–H and O–H groups in total. The van der Waals surface area contributed by atoms with Crippen LogP contribution in [0.2, 0.25) is 12.1 Å². The van der Waals surface area contributed by atoms with Crippen molar-refractivity contribution in [3.05, 3.63) is 0 Å². The number of hydrogen-bond donors (Lipinski definition) is 0. The fraction of sp³-hybridized carbons (Fsp3) is 1.00. The van der Waals surface area contributed by atoms with Crippen molar-refractivity contribution >= 4 is 7.28 Å². The summed E-state index contributed by atoms with van der Waals surface area (Å²) < 4.78 is 0. The van der Waals surface area contributed by atoms with Crippen LogP contribution < -0.4 is 0 Å². The van der Waals surface area contributed by atoms with Crippen LogP contribution in [0.5, 0.6) is 0 Å². The summed E-state index contributed by atoms with van der Waals surface area (Å²) in [5.41, 5.74) is 0. The molecular weight excluding hydrogens is 82.9 g/mol. The van der Waals surface area contributed by atoms with E-state index in [0.29, 0.717) is 0 Å². The molecule has 1 fully saturated rings. The molecule has 1 radical (unpaired) electrons. The first kappa shape index (κ1) is 5.21. The second kappa shape index (κ2) is 1.89. The molecule has 0 bridgehead atoms. The Labute approximate surface area is 46.5 Å². The minimum Gasteiger partial charge on any atom is -0.0776 e. The summed E-state index contributed by atoms with van der Waals surface area (Å²) in [5, 5.41) is 0. The van der Waals surface area contributed by atoms with E-state index in [1.165, 1.54) is 12.7 Å². The monoisotopic (exact) mass is 95.1 g/mol. The maximum Gasteiger partial charge on any atom is 0.113 e. The second-order valence-corrected chi connectivity index (χ2v) is 2.50. The van der Waals surface area contributed by atoms with Gasteiger partial charge in [0.25, 0.3) is 0 Å². The van der Waals surface area contributed by atoms with Crippen LogP contribution >= 0.6 is 0 Å². The van der Waals surface area contributed by atoms with Gasteiger partial charge in [0.05, 0.1) is 0 Å². The molecule has 1 heterocycles. The maximum absolute atomic E-state index is 2.40. The van der Waals surface area contributed by atoms with Crippen molar-refractivity contribution in [2.45, 2.75) is 32.4 Å². The molecular formula is C6H12B. The lowest BCUT2D eigenvalue weighted by Gasteiger charge is -2.31. The molecule has 0 saturated carbocycles. The highest BCUT2D eigenvalue weighted by molar-refractivity contribution is 6.41. The van der Waals surface area contributed by atoms with Gasteiger partial charge in [0.2, 0.25) is 0 Å². The Morgan fingerprint density at radius 1 is 1.71 bits per heavy atom. The molecule has 1 heteroatoms. The first-order valence-electron chi connectivity index (χ1n) is 3.18. The highest BCUT2D eigenvalue weighted by Crippen LogP contribution is 2.34. The van der Waals surface area contributed by atoms with Crippen LogP contribution in [0.15, 0.2) is 0 Å². The van der Waals surface area contributed by atoms with Gasteiger partial charge in [-0.25, -0.2) is 0 Å². The summed E-state index contributed by atoms with van der Waals surface area (Å²) in [6.07, 6.45) is 2.75. The summed E-state index contributed by atoms with van der Waals surface area (Å²) in [5.74, 6) is 1.95. The van der Waals surface area contributed by atoms with Gasteiger partial charge in [0.15, 0.2) is 0 Å². The zero-order chi connectivity index (χ0) is 5.28. The van der Waals surface area contributed by atoms with E-state index in [2.05, 4.69) is 21.1 Å². The average Bonchev–Trinajstić information content (AvgIpc) is 1.65. The van der Waals surface area contributed by atoms with Gasteiger partial charge in [-0.05, 0) is 0 Å². The first-order valence-corrected chi connectivity index (χ1v) is 3.18. The normalized spacial score (nSPS) is 39.1. The predicted molar refractivity (Wildman–Crippen MR) is 33.8 cm³/mol. The van der Waals surface area contributed by atoms with E-state index in [1.54, 1.807) is 0 Å². The third-order valence-electron chi connectivity index (χ3n) is 2.08. The topological polar surface area (TPSA) is 0 Å². The van der Waals surface area contributed by atoms with E-state index in [9.17, 15) is 0 Å². The van der Waals surface area contributed by atoms with Crippen LogP contribution in [-0.2, 0) is 0 Å². The molecule has 0 spiro atoms. The fourth-order valence-electron chi connectivity index (χ4n) is 1.14. The molecule has 0 aliphatic carbocycles. The molecule has 2 atom stereocenters. The lowest BCUT2D eigenvalue weighted by molar-refractivity contribution is 0.486. The van der Waals surface area contributed by atoms with Crippen molar-refractivity contribution in [2.75, 3.05) is 0 Å². The van der Waals surface area contributed by atoms with Crippen molar-refractivity contribution in [3.63, 3.8) is 0 Å². The zero-order valence-corrected chi connectivity index (χ0v) is 5.15. The largest absolute Gasteiger partial charge is 0.113 e. The van der Waals surface area contributed by atoms with Gasteiger partial charge in [0.1, 0.15) is 7.28 Å². The first-order chi connectivity index (χ1) is 3.34. The molecule has 1 rings (SSSR count). The van der Waals surface area contributed by atoms with E-state index >= 15 is 0 Å². The van der Waals surface area contributed by atoms with Crippen molar-refractivity contribution in [2.24, 2.45) is 5.92 Å². The van der Waals surface area contributed by atoms with Gasteiger partial charge in [-0.15, -0.1) is 0 Å². The predicted octanol–water partition coefficient (Wildman–Crippen LogP) is 1.96. The highest BCUT2D eigenvalue weighted by atomic mass is 14.2. The number of rotatable bonds is 1. The van der Waals surface area contributed by atoms with Crippen LogP contribution in [0.1, 0.15) is 20.3 Å². The Kier molecular flexibility index (Phi) is 1.41. The fourth-order valence-corrected chi connectivity index (χ4v) is 1.14. The highest BCUT2D eigenvalue weighted by Gasteiger charge is 2.25. The lowest BCUT2D eigenvalue weighted by Crippen LogP contribution is -2.24. The SMILES string of the molecule is CCC1C[B]C1C. The Morgan fingerprint density at radius 3 is 2.43 bits per heavy atom. The quantitative estimate of drug-likeness (QED) is 0.436.